The second kappa shape index (κ2) is 5.26. The van der Waals surface area contributed by atoms with Crippen LogP contribution in [0.3, 0.4) is 0 Å². The second-order valence-corrected chi connectivity index (χ2v) is 8.70. The molecule has 22 heavy (non-hydrogen) atoms. The molecule has 0 saturated carbocycles. The van der Waals surface area contributed by atoms with E-state index in [9.17, 15) is 4.57 Å². The summed E-state index contributed by atoms with van der Waals surface area (Å²) in [7, 11) is -3.17. The first kappa shape index (κ1) is 15.3. The van der Waals surface area contributed by atoms with Crippen LogP contribution in [0, 0.1) is 6.92 Å². The molecule has 1 aliphatic rings. The molecule has 1 aliphatic heterocycles. The highest BCUT2D eigenvalue weighted by Crippen LogP contribution is 2.70. The van der Waals surface area contributed by atoms with Crippen molar-refractivity contribution in [2.75, 3.05) is 6.61 Å². The van der Waals surface area contributed by atoms with Crippen molar-refractivity contribution in [3.8, 4) is 16.9 Å². The highest BCUT2D eigenvalue weighted by Gasteiger charge is 2.53. The summed E-state index contributed by atoms with van der Waals surface area (Å²) in [6.45, 7) is 8.11. The number of aryl methyl sites for hydroxylation is 1. The fourth-order valence-corrected chi connectivity index (χ4v) is 4.61. The van der Waals surface area contributed by atoms with Gasteiger partial charge in [-0.05, 0) is 44.9 Å². The van der Waals surface area contributed by atoms with Gasteiger partial charge in [0.05, 0.1) is 6.61 Å². The smallest absolute Gasteiger partial charge is 0.389 e. The molecule has 4 heteroatoms. The Kier molecular flexibility index (Phi) is 3.66. The molecule has 0 N–H and O–H groups in total. The van der Waals surface area contributed by atoms with E-state index in [1.54, 1.807) is 0 Å². The summed E-state index contributed by atoms with van der Waals surface area (Å²) < 4.78 is 24.2. The summed E-state index contributed by atoms with van der Waals surface area (Å²) in [6.07, 6.45) is 0. The number of hydrogen-bond acceptors (Lipinski definition) is 3. The van der Waals surface area contributed by atoms with Crippen molar-refractivity contribution in [3.05, 3.63) is 53.6 Å². The Morgan fingerprint density at radius 1 is 1.09 bits per heavy atom. The molecule has 116 valence electrons. The van der Waals surface area contributed by atoms with E-state index in [1.807, 2.05) is 32.9 Å². The SMILES string of the molecule is CCOP1(=O)Oc2cc(-c3ccc(C)cc3)ccc2C1(C)C. The predicted molar refractivity (Wildman–Crippen MR) is 89.5 cm³/mol. The van der Waals surface area contributed by atoms with Crippen LogP contribution in [0.25, 0.3) is 11.1 Å². The first-order valence-corrected chi connectivity index (χ1v) is 9.07. The van der Waals surface area contributed by atoms with Crippen molar-refractivity contribution in [2.24, 2.45) is 0 Å². The molecule has 0 radical (unpaired) electrons. The van der Waals surface area contributed by atoms with E-state index in [2.05, 4.69) is 37.3 Å². The van der Waals surface area contributed by atoms with Crippen LogP contribution < -0.4 is 4.52 Å². The molecule has 2 aromatic rings. The fraction of sp³-hybridized carbons (Fsp3) is 0.333. The minimum absolute atomic E-state index is 0.375. The molecule has 1 heterocycles. The van der Waals surface area contributed by atoms with E-state index in [4.69, 9.17) is 9.05 Å². The Morgan fingerprint density at radius 2 is 1.73 bits per heavy atom. The molecule has 1 unspecified atom stereocenters. The third-order valence-corrected chi connectivity index (χ3v) is 6.87. The summed E-state index contributed by atoms with van der Waals surface area (Å²) in [5, 5.41) is -0.621. The van der Waals surface area contributed by atoms with E-state index in [0.29, 0.717) is 12.4 Å². The minimum atomic E-state index is -3.17. The van der Waals surface area contributed by atoms with Crippen LogP contribution in [-0.4, -0.2) is 6.61 Å². The third-order valence-electron chi connectivity index (χ3n) is 4.23. The van der Waals surface area contributed by atoms with Crippen LogP contribution in [0.15, 0.2) is 42.5 Å². The Bertz CT molecular complexity index is 747. The summed E-state index contributed by atoms with van der Waals surface area (Å²) in [6, 6.07) is 14.3. The van der Waals surface area contributed by atoms with E-state index >= 15 is 0 Å². The molecular weight excluding hydrogens is 295 g/mol. The van der Waals surface area contributed by atoms with Gasteiger partial charge in [-0.3, -0.25) is 4.52 Å². The van der Waals surface area contributed by atoms with Gasteiger partial charge in [-0.1, -0.05) is 42.0 Å². The van der Waals surface area contributed by atoms with E-state index < -0.39 is 12.8 Å². The van der Waals surface area contributed by atoms with Gasteiger partial charge >= 0.3 is 7.60 Å². The van der Waals surface area contributed by atoms with E-state index in [1.165, 1.54) is 5.56 Å². The van der Waals surface area contributed by atoms with Crippen LogP contribution in [0.5, 0.6) is 5.75 Å². The van der Waals surface area contributed by atoms with Gasteiger partial charge < -0.3 is 4.52 Å². The molecule has 3 rings (SSSR count). The van der Waals surface area contributed by atoms with Gasteiger partial charge in [0.25, 0.3) is 0 Å². The van der Waals surface area contributed by atoms with E-state index in [0.717, 1.165) is 16.7 Å². The zero-order valence-corrected chi connectivity index (χ0v) is 14.3. The van der Waals surface area contributed by atoms with Gasteiger partial charge in [0.1, 0.15) is 10.9 Å². The Hall–Kier alpha value is -1.57. The topological polar surface area (TPSA) is 35.5 Å². The van der Waals surface area contributed by atoms with Gasteiger partial charge in [-0.25, -0.2) is 4.57 Å². The fourth-order valence-electron chi connectivity index (χ4n) is 2.78. The van der Waals surface area contributed by atoms with Crippen molar-refractivity contribution in [3.63, 3.8) is 0 Å². The molecule has 0 saturated heterocycles. The van der Waals surface area contributed by atoms with Crippen LogP contribution in [0.1, 0.15) is 31.9 Å². The van der Waals surface area contributed by atoms with Crippen molar-refractivity contribution >= 4 is 7.60 Å². The maximum absolute atomic E-state index is 13.0. The normalized spacial score (nSPS) is 22.2. The maximum Gasteiger partial charge on any atom is 0.389 e. The Morgan fingerprint density at radius 3 is 2.36 bits per heavy atom. The maximum atomic E-state index is 13.0. The van der Waals surface area contributed by atoms with Gasteiger partial charge in [-0.15, -0.1) is 0 Å². The first-order valence-electron chi connectivity index (χ1n) is 7.53. The summed E-state index contributed by atoms with van der Waals surface area (Å²) in [4.78, 5) is 0. The van der Waals surface area contributed by atoms with Gasteiger partial charge in [-0.2, -0.15) is 0 Å². The minimum Gasteiger partial charge on any atom is -0.423 e. The zero-order chi connectivity index (χ0) is 16.0. The van der Waals surface area contributed by atoms with Crippen molar-refractivity contribution < 1.29 is 13.6 Å². The third kappa shape index (κ3) is 2.29. The molecule has 0 aromatic heterocycles. The van der Waals surface area contributed by atoms with Crippen LogP contribution in [-0.2, 0) is 14.2 Å². The molecule has 1 atom stereocenters. The molecule has 0 spiro atoms. The van der Waals surface area contributed by atoms with Crippen molar-refractivity contribution in [1.29, 1.82) is 0 Å². The lowest BCUT2D eigenvalue weighted by molar-refractivity contribution is 0.270. The monoisotopic (exact) mass is 316 g/mol. The molecule has 0 aliphatic carbocycles. The number of hydrogen-bond donors (Lipinski definition) is 0. The number of rotatable bonds is 3. The van der Waals surface area contributed by atoms with Gasteiger partial charge in [0.15, 0.2) is 0 Å². The lowest BCUT2D eigenvalue weighted by Gasteiger charge is -2.24. The summed E-state index contributed by atoms with van der Waals surface area (Å²) in [5.74, 6) is 0.667. The lowest BCUT2D eigenvalue weighted by atomic mass is 9.96. The average molecular weight is 316 g/mol. The summed E-state index contributed by atoms with van der Waals surface area (Å²) >= 11 is 0. The molecular formula is C18H21O3P. The quantitative estimate of drug-likeness (QED) is 0.699. The van der Waals surface area contributed by atoms with E-state index in [-0.39, 0.29) is 0 Å². The van der Waals surface area contributed by atoms with Crippen molar-refractivity contribution in [1.82, 2.24) is 0 Å². The molecule has 0 amide bonds. The number of benzene rings is 2. The number of fused-ring (bicyclic) bond motifs is 1. The first-order chi connectivity index (χ1) is 10.4. The van der Waals surface area contributed by atoms with Crippen LogP contribution in [0.2, 0.25) is 0 Å². The van der Waals surface area contributed by atoms with Crippen LogP contribution in [0.4, 0.5) is 0 Å². The van der Waals surface area contributed by atoms with Gasteiger partial charge in [0, 0.05) is 5.56 Å². The molecule has 2 aromatic carbocycles. The molecule has 0 bridgehead atoms. The highest BCUT2D eigenvalue weighted by molar-refractivity contribution is 7.56. The largest absolute Gasteiger partial charge is 0.423 e. The van der Waals surface area contributed by atoms with Crippen molar-refractivity contribution in [2.45, 2.75) is 32.9 Å². The Labute approximate surface area is 131 Å². The standard InChI is InChI=1S/C18H21O3P/c1-5-20-22(19)18(3,4)16-11-10-15(12-17(16)21-22)14-8-6-13(2)7-9-14/h6-12H,5H2,1-4H3. The highest BCUT2D eigenvalue weighted by atomic mass is 31.2. The lowest BCUT2D eigenvalue weighted by Crippen LogP contribution is -2.15. The molecule has 3 nitrogen and oxygen atoms in total. The van der Waals surface area contributed by atoms with Crippen LogP contribution >= 0.6 is 7.60 Å². The van der Waals surface area contributed by atoms with Gasteiger partial charge in [0.2, 0.25) is 0 Å². The average Bonchev–Trinajstić information content (AvgIpc) is 2.66. The Balaban J connectivity index is 2.04. The molecule has 0 fully saturated rings. The summed E-state index contributed by atoms with van der Waals surface area (Å²) in [5.41, 5.74) is 4.34. The second-order valence-electron chi connectivity index (χ2n) is 6.14. The predicted octanol–water partition coefficient (Wildman–Crippen LogP) is 5.52. The zero-order valence-electron chi connectivity index (χ0n) is 13.4.